The third-order valence-corrected chi connectivity index (χ3v) is 4.05. The third-order valence-electron chi connectivity index (χ3n) is 4.05. The van der Waals surface area contributed by atoms with Crippen LogP contribution in [0.3, 0.4) is 0 Å². The fourth-order valence-electron chi connectivity index (χ4n) is 3.06. The van der Waals surface area contributed by atoms with Gasteiger partial charge in [0.25, 0.3) is 0 Å². The molecule has 4 atom stereocenters. The van der Waals surface area contributed by atoms with Crippen molar-refractivity contribution in [1.29, 1.82) is 0 Å². The van der Waals surface area contributed by atoms with Crippen molar-refractivity contribution in [1.82, 2.24) is 0 Å². The predicted octanol–water partition coefficient (Wildman–Crippen LogP) is -1.04. The van der Waals surface area contributed by atoms with Gasteiger partial charge in [0.1, 0.15) is 0 Å². The van der Waals surface area contributed by atoms with Crippen molar-refractivity contribution in [3.05, 3.63) is 34.2 Å². The quantitative estimate of drug-likeness (QED) is 0.610. The number of hydrogen-bond acceptors (Lipinski definition) is 3. The second-order valence-corrected chi connectivity index (χ2v) is 5.02. The van der Waals surface area contributed by atoms with Gasteiger partial charge in [-0.3, -0.25) is 0 Å². The highest BCUT2D eigenvalue weighted by Crippen LogP contribution is 2.41. The molecular formula is C14H16O3. The minimum Gasteiger partial charge on any atom is -0.396 e. The van der Waals surface area contributed by atoms with Crippen molar-refractivity contribution < 1.29 is 15.3 Å². The Hall–Kier alpha value is -1.16. The molecule has 1 aromatic rings. The van der Waals surface area contributed by atoms with Crippen molar-refractivity contribution >= 4 is 12.2 Å². The number of rotatable bonds is 2. The molecule has 0 spiro atoms. The van der Waals surface area contributed by atoms with E-state index in [1.165, 1.54) is 0 Å². The highest BCUT2D eigenvalue weighted by molar-refractivity contribution is 5.82. The van der Waals surface area contributed by atoms with E-state index in [0.29, 0.717) is 6.42 Å². The first-order valence-electron chi connectivity index (χ1n) is 5.94. The molecule has 0 aromatic heterocycles. The van der Waals surface area contributed by atoms with E-state index in [1.807, 2.05) is 18.2 Å². The van der Waals surface area contributed by atoms with Gasteiger partial charge in [-0.25, -0.2) is 0 Å². The van der Waals surface area contributed by atoms with E-state index in [2.05, 4.69) is 6.58 Å². The first-order chi connectivity index (χ1) is 8.15. The van der Waals surface area contributed by atoms with Crippen LogP contribution >= 0.6 is 0 Å². The summed E-state index contributed by atoms with van der Waals surface area (Å²) in [4.78, 5) is 0. The van der Waals surface area contributed by atoms with Crippen LogP contribution in [0, 0.1) is 11.8 Å². The predicted molar refractivity (Wildman–Crippen MR) is 64.4 cm³/mol. The van der Waals surface area contributed by atoms with Crippen LogP contribution in [-0.2, 0) is 0 Å². The maximum Gasteiger partial charge on any atom is 0.0871 e. The smallest absolute Gasteiger partial charge is 0.0871 e. The summed E-state index contributed by atoms with van der Waals surface area (Å²) >= 11 is 0. The standard InChI is InChI=1S/C14H16O3/c1-7-3-2-4-9-11(7)12(9)10-5-8(6-15)13(16)14(10)17/h2-4,8,10,13-17H,1,5-6H2/t8?,10?,13-,14?/m1/s1. The Bertz CT molecular complexity index is 563. The Kier molecular flexibility index (Phi) is 2.36. The number of benzene rings is 1. The largest absolute Gasteiger partial charge is 0.396 e. The van der Waals surface area contributed by atoms with Crippen LogP contribution in [0.25, 0.3) is 12.2 Å². The van der Waals surface area contributed by atoms with Gasteiger partial charge < -0.3 is 15.3 Å². The van der Waals surface area contributed by atoms with E-state index >= 15 is 0 Å². The molecule has 3 heteroatoms. The Labute approximate surface area is 99.3 Å². The Morgan fingerprint density at radius 1 is 1.24 bits per heavy atom. The molecule has 0 bridgehead atoms. The molecule has 17 heavy (non-hydrogen) atoms. The van der Waals surface area contributed by atoms with Crippen LogP contribution in [0.1, 0.15) is 12.0 Å². The fraction of sp³-hybridized carbons (Fsp3) is 0.429. The maximum absolute atomic E-state index is 10.0. The van der Waals surface area contributed by atoms with E-state index in [1.54, 1.807) is 0 Å². The van der Waals surface area contributed by atoms with E-state index < -0.39 is 12.2 Å². The van der Waals surface area contributed by atoms with Gasteiger partial charge in [-0.15, -0.1) is 0 Å². The second kappa shape index (κ2) is 3.67. The topological polar surface area (TPSA) is 60.7 Å². The molecule has 0 saturated heterocycles. The monoisotopic (exact) mass is 232 g/mol. The SMILES string of the molecule is C=c1cccc2c1=C2C1CC(CO)[C@@H](O)C1O. The Morgan fingerprint density at radius 2 is 2.00 bits per heavy atom. The molecule has 0 heterocycles. The summed E-state index contributed by atoms with van der Waals surface area (Å²) in [5.74, 6) is -0.271. The van der Waals surface area contributed by atoms with Gasteiger partial charge >= 0.3 is 0 Å². The first kappa shape index (κ1) is 11.0. The van der Waals surface area contributed by atoms with E-state index in [4.69, 9.17) is 5.11 Å². The van der Waals surface area contributed by atoms with Gasteiger partial charge in [-0.2, -0.15) is 0 Å². The van der Waals surface area contributed by atoms with Crippen molar-refractivity contribution in [3.8, 4) is 0 Å². The Balaban J connectivity index is 1.95. The normalized spacial score (nSPS) is 34.9. The molecule has 2 aliphatic rings. The van der Waals surface area contributed by atoms with Gasteiger partial charge in [0.05, 0.1) is 12.2 Å². The molecule has 1 fully saturated rings. The minimum atomic E-state index is -0.817. The summed E-state index contributed by atoms with van der Waals surface area (Å²) in [5.41, 5.74) is 2.29. The van der Waals surface area contributed by atoms with Crippen molar-refractivity contribution in [2.45, 2.75) is 18.6 Å². The molecule has 1 aromatic carbocycles. The highest BCUT2D eigenvalue weighted by atomic mass is 16.3. The molecular weight excluding hydrogens is 216 g/mol. The molecule has 0 radical (unpaired) electrons. The van der Waals surface area contributed by atoms with Gasteiger partial charge in [-0.1, -0.05) is 24.8 Å². The summed E-state index contributed by atoms with van der Waals surface area (Å²) in [6.07, 6.45) is -0.945. The summed E-state index contributed by atoms with van der Waals surface area (Å²) in [7, 11) is 0. The van der Waals surface area contributed by atoms with E-state index in [-0.39, 0.29) is 18.4 Å². The first-order valence-corrected chi connectivity index (χ1v) is 5.94. The van der Waals surface area contributed by atoms with Gasteiger partial charge in [0.2, 0.25) is 0 Å². The lowest BCUT2D eigenvalue weighted by atomic mass is 9.99. The second-order valence-electron chi connectivity index (χ2n) is 5.02. The molecule has 3 nitrogen and oxygen atoms in total. The minimum absolute atomic E-state index is 0.0555. The molecule has 3 rings (SSSR count). The van der Waals surface area contributed by atoms with Crippen molar-refractivity contribution in [2.24, 2.45) is 11.8 Å². The van der Waals surface area contributed by atoms with Crippen LogP contribution in [0.5, 0.6) is 0 Å². The average Bonchev–Trinajstić information content (AvgIpc) is 2.98. The van der Waals surface area contributed by atoms with Crippen molar-refractivity contribution in [2.75, 3.05) is 6.61 Å². The average molecular weight is 232 g/mol. The summed E-state index contributed by atoms with van der Waals surface area (Å²) < 4.78 is 0. The van der Waals surface area contributed by atoms with Crippen LogP contribution in [0.4, 0.5) is 0 Å². The zero-order chi connectivity index (χ0) is 12.2. The highest BCUT2D eigenvalue weighted by Gasteiger charge is 2.45. The van der Waals surface area contributed by atoms with E-state index in [9.17, 15) is 10.2 Å². The van der Waals surface area contributed by atoms with E-state index in [0.717, 1.165) is 21.6 Å². The van der Waals surface area contributed by atoms with Gasteiger partial charge in [0.15, 0.2) is 0 Å². The number of hydrogen-bond donors (Lipinski definition) is 3. The third kappa shape index (κ3) is 1.47. The number of fused-ring (bicyclic) bond motifs is 1. The van der Waals surface area contributed by atoms with Crippen LogP contribution in [0.15, 0.2) is 18.2 Å². The maximum atomic E-state index is 10.0. The molecule has 3 unspecified atom stereocenters. The van der Waals surface area contributed by atoms with Gasteiger partial charge in [0, 0.05) is 18.4 Å². The molecule has 90 valence electrons. The van der Waals surface area contributed by atoms with Crippen LogP contribution in [0.2, 0.25) is 0 Å². The zero-order valence-electron chi connectivity index (χ0n) is 9.50. The lowest BCUT2D eigenvalue weighted by Gasteiger charge is -2.14. The van der Waals surface area contributed by atoms with Crippen LogP contribution in [-0.4, -0.2) is 34.1 Å². The summed E-state index contributed by atoms with van der Waals surface area (Å²) in [6, 6.07) is 5.92. The van der Waals surface area contributed by atoms with Crippen LogP contribution < -0.4 is 10.4 Å². The fourth-order valence-corrected chi connectivity index (χ4v) is 3.06. The zero-order valence-corrected chi connectivity index (χ0v) is 9.50. The molecule has 3 N–H and O–H groups in total. The van der Waals surface area contributed by atoms with Gasteiger partial charge in [-0.05, 0) is 28.0 Å². The molecule has 0 aliphatic heterocycles. The lowest BCUT2D eigenvalue weighted by molar-refractivity contribution is 0.000450. The summed E-state index contributed by atoms with van der Waals surface area (Å²) in [6.45, 7) is 3.89. The number of aliphatic hydroxyl groups is 3. The van der Waals surface area contributed by atoms with Crippen molar-refractivity contribution in [3.63, 3.8) is 0 Å². The molecule has 0 amide bonds. The lowest BCUT2D eigenvalue weighted by Crippen LogP contribution is -2.29. The molecule has 1 saturated carbocycles. The Morgan fingerprint density at radius 3 is 2.59 bits per heavy atom. The molecule has 2 aliphatic carbocycles. The number of aliphatic hydroxyl groups excluding tert-OH is 3. The summed E-state index contributed by atoms with van der Waals surface area (Å²) in [5, 5.41) is 31.1.